The Balaban J connectivity index is 1.81. The Bertz CT molecular complexity index is 1290. The molecule has 0 heterocycles. The summed E-state index contributed by atoms with van der Waals surface area (Å²) in [5, 5.41) is 11.3. The summed E-state index contributed by atoms with van der Waals surface area (Å²) < 4.78 is 5.96. The second-order valence-corrected chi connectivity index (χ2v) is 9.15. The van der Waals surface area contributed by atoms with Gasteiger partial charge in [-0.3, -0.25) is 0 Å². The van der Waals surface area contributed by atoms with Gasteiger partial charge in [-0.25, -0.2) is 0 Å². The number of rotatable bonds is 13. The van der Waals surface area contributed by atoms with Gasteiger partial charge >= 0.3 is 0 Å². The van der Waals surface area contributed by atoms with Gasteiger partial charge in [0.25, 0.3) is 0 Å². The van der Waals surface area contributed by atoms with Gasteiger partial charge in [-0.15, -0.1) is 0 Å². The molecule has 0 spiro atoms. The number of nitrogen functional groups attached to an aromatic ring is 1. The molecule has 2 radical (unpaired) electrons. The van der Waals surface area contributed by atoms with Crippen molar-refractivity contribution in [3.05, 3.63) is 119 Å². The third-order valence-corrected chi connectivity index (χ3v) is 6.25. The topological polar surface area (TPSA) is 74.4 Å². The average Bonchev–Trinajstić information content (AvgIpc) is 2.92. The molecule has 194 valence electrons. The van der Waals surface area contributed by atoms with Gasteiger partial charge in [-0.2, -0.15) is 0 Å². The zero-order valence-corrected chi connectivity index (χ0v) is 22.6. The van der Waals surface area contributed by atoms with Crippen LogP contribution in [0, 0.1) is 5.41 Å². The first-order chi connectivity index (χ1) is 18.3. The molecular formula is C32H37BN4O. The van der Waals surface area contributed by atoms with Crippen LogP contribution in [0.5, 0.6) is 5.75 Å². The highest BCUT2D eigenvalue weighted by Crippen LogP contribution is 2.36. The number of hydrogen-bond donors (Lipinski definition) is 3. The summed E-state index contributed by atoms with van der Waals surface area (Å²) >= 11 is 0. The lowest BCUT2D eigenvalue weighted by molar-refractivity contribution is 0.316. The summed E-state index contributed by atoms with van der Waals surface area (Å²) in [6.07, 6.45) is 4.88. The first-order valence-electron chi connectivity index (χ1n) is 12.8. The molecule has 5 nitrogen and oxygen atoms in total. The Morgan fingerprint density at radius 2 is 1.71 bits per heavy atom. The molecule has 38 heavy (non-hydrogen) atoms. The molecule has 0 unspecified atom stereocenters. The molecule has 4 N–H and O–H groups in total. The van der Waals surface area contributed by atoms with E-state index in [1.54, 1.807) is 0 Å². The van der Waals surface area contributed by atoms with Crippen LogP contribution in [0.3, 0.4) is 0 Å². The monoisotopic (exact) mass is 504 g/mol. The Hall–Kier alpha value is -4.03. The highest BCUT2D eigenvalue weighted by Gasteiger charge is 2.15. The van der Waals surface area contributed by atoms with E-state index in [1.807, 2.05) is 73.6 Å². The third kappa shape index (κ3) is 7.74. The predicted molar refractivity (Wildman–Crippen MR) is 163 cm³/mol. The number of allylic oxidation sites excluding steroid dienone is 2. The molecular weight excluding hydrogens is 467 g/mol. The Labute approximate surface area is 228 Å². The van der Waals surface area contributed by atoms with E-state index >= 15 is 0 Å². The van der Waals surface area contributed by atoms with Crippen molar-refractivity contribution in [2.75, 3.05) is 39.5 Å². The maximum absolute atomic E-state index is 7.97. The lowest BCUT2D eigenvalue weighted by atomic mass is 9.85. The number of nitrogens with two attached hydrogens (primary N) is 1. The first-order valence-corrected chi connectivity index (χ1v) is 12.8. The summed E-state index contributed by atoms with van der Waals surface area (Å²) in [5.74, 6) is 0.811. The number of nitrogens with zero attached hydrogens (tertiary/aromatic N) is 1. The Kier molecular flexibility index (Phi) is 10.6. The lowest BCUT2D eigenvalue weighted by Crippen LogP contribution is -2.21. The van der Waals surface area contributed by atoms with Gasteiger partial charge in [0.15, 0.2) is 0 Å². The molecule has 0 saturated heterocycles. The summed E-state index contributed by atoms with van der Waals surface area (Å²) in [7, 11) is 9.78. The Morgan fingerprint density at radius 3 is 2.34 bits per heavy atom. The van der Waals surface area contributed by atoms with E-state index in [0.29, 0.717) is 17.9 Å². The van der Waals surface area contributed by atoms with Gasteiger partial charge in [-0.1, -0.05) is 68.1 Å². The fourth-order valence-electron chi connectivity index (χ4n) is 4.11. The van der Waals surface area contributed by atoms with Crippen molar-refractivity contribution < 1.29 is 4.74 Å². The standard InChI is InChI=1S/C32H37BN4O/c1-5-28(24-11-7-6-8-12-24)31(26-15-18-30(34)29(22-26)32(33)35)25-13-16-27(17-14-25)38-21-20-36-19-9-10-23(2)37(3)4/h6-18,22,35-36H,2,5,19-21,34H2,1,3-4H3/b10-9+,31-28+,35-32?. The SMILES string of the molecule is [B]C(=N)c1cc(/C(=C(\CC)c2ccccc2)c2ccc(OCCNC/C=C/C(=C)N(C)C)cc2)ccc1N. The van der Waals surface area contributed by atoms with Crippen molar-refractivity contribution in [2.24, 2.45) is 0 Å². The predicted octanol–water partition coefficient (Wildman–Crippen LogP) is 5.73. The van der Waals surface area contributed by atoms with Gasteiger partial charge in [0.05, 0.1) is 0 Å². The summed E-state index contributed by atoms with van der Waals surface area (Å²) in [6.45, 7) is 8.19. The quantitative estimate of drug-likeness (QED) is 0.0694. The minimum Gasteiger partial charge on any atom is -0.492 e. The van der Waals surface area contributed by atoms with Crippen molar-refractivity contribution in [3.8, 4) is 5.75 Å². The second-order valence-electron chi connectivity index (χ2n) is 9.15. The molecule has 0 bridgehead atoms. The van der Waals surface area contributed by atoms with Crippen molar-refractivity contribution in [2.45, 2.75) is 13.3 Å². The molecule has 0 aliphatic heterocycles. The van der Waals surface area contributed by atoms with E-state index in [-0.39, 0.29) is 5.61 Å². The highest BCUT2D eigenvalue weighted by molar-refractivity contribution is 6.64. The average molecular weight is 504 g/mol. The summed E-state index contributed by atoms with van der Waals surface area (Å²) in [6, 6.07) is 24.2. The minimum absolute atomic E-state index is 0.0445. The molecule has 6 heteroatoms. The van der Waals surface area contributed by atoms with Gasteiger partial charge in [0.2, 0.25) is 0 Å². The summed E-state index contributed by atoms with van der Waals surface area (Å²) in [5.41, 5.74) is 13.5. The smallest absolute Gasteiger partial charge is 0.141 e. The molecule has 0 saturated carbocycles. The number of anilines is 1. The van der Waals surface area contributed by atoms with E-state index in [0.717, 1.165) is 53.2 Å². The van der Waals surface area contributed by atoms with Gasteiger partial charge in [0.1, 0.15) is 20.2 Å². The minimum atomic E-state index is -0.0445. The molecule has 0 amide bonds. The fraction of sp³-hybridized carbons (Fsp3) is 0.219. The van der Waals surface area contributed by atoms with Crippen molar-refractivity contribution in [3.63, 3.8) is 0 Å². The molecule has 0 aromatic heterocycles. The molecule has 3 rings (SSSR count). The zero-order valence-electron chi connectivity index (χ0n) is 22.6. The van der Waals surface area contributed by atoms with E-state index in [2.05, 4.69) is 49.2 Å². The maximum atomic E-state index is 7.97. The lowest BCUT2D eigenvalue weighted by Gasteiger charge is -2.18. The summed E-state index contributed by atoms with van der Waals surface area (Å²) in [4.78, 5) is 1.97. The van der Waals surface area contributed by atoms with Crippen LogP contribution >= 0.6 is 0 Å². The van der Waals surface area contributed by atoms with Crippen LogP contribution in [0.15, 0.2) is 97.2 Å². The van der Waals surface area contributed by atoms with Crippen molar-refractivity contribution in [1.29, 1.82) is 5.41 Å². The number of nitrogens with one attached hydrogen (secondary N) is 2. The van der Waals surface area contributed by atoms with Gasteiger partial charge < -0.3 is 26.1 Å². The third-order valence-electron chi connectivity index (χ3n) is 6.25. The van der Waals surface area contributed by atoms with Crippen LogP contribution < -0.4 is 15.8 Å². The van der Waals surface area contributed by atoms with Gasteiger partial charge in [-0.05, 0) is 70.2 Å². The molecule has 0 aliphatic carbocycles. The van der Waals surface area contributed by atoms with E-state index in [9.17, 15) is 0 Å². The van der Waals surface area contributed by atoms with E-state index in [4.69, 9.17) is 23.7 Å². The molecule has 0 atom stereocenters. The Morgan fingerprint density at radius 1 is 1.03 bits per heavy atom. The van der Waals surface area contributed by atoms with E-state index < -0.39 is 0 Å². The first kappa shape index (κ1) is 28.5. The normalized spacial score (nSPS) is 11.8. The molecule has 0 aliphatic rings. The zero-order chi connectivity index (χ0) is 27.5. The maximum Gasteiger partial charge on any atom is 0.141 e. The molecule has 3 aromatic rings. The van der Waals surface area contributed by atoms with Crippen molar-refractivity contribution >= 4 is 30.3 Å². The fourth-order valence-corrected chi connectivity index (χ4v) is 4.11. The van der Waals surface area contributed by atoms with Crippen LogP contribution in [-0.4, -0.2) is 52.1 Å². The van der Waals surface area contributed by atoms with Crippen LogP contribution in [0.4, 0.5) is 5.69 Å². The van der Waals surface area contributed by atoms with Crippen LogP contribution in [0.2, 0.25) is 0 Å². The van der Waals surface area contributed by atoms with E-state index in [1.165, 1.54) is 5.57 Å². The van der Waals surface area contributed by atoms with Crippen LogP contribution in [0.1, 0.15) is 35.6 Å². The highest BCUT2D eigenvalue weighted by atomic mass is 16.5. The number of benzene rings is 3. The second kappa shape index (κ2) is 14.1. The molecule has 0 fully saturated rings. The molecule has 3 aromatic carbocycles. The van der Waals surface area contributed by atoms with Gasteiger partial charge in [0, 0.05) is 44.1 Å². The van der Waals surface area contributed by atoms with Crippen molar-refractivity contribution in [1.82, 2.24) is 10.2 Å². The number of hydrogen-bond acceptors (Lipinski definition) is 5. The largest absolute Gasteiger partial charge is 0.492 e. The van der Waals surface area contributed by atoms with Crippen LogP contribution in [-0.2, 0) is 0 Å². The number of likely N-dealkylation sites (N-methyl/N-ethyl adjacent to an activating group) is 1. The van der Waals surface area contributed by atoms with Crippen LogP contribution in [0.25, 0.3) is 11.1 Å². The number of ether oxygens (including phenoxy) is 1.